The van der Waals surface area contributed by atoms with Crippen molar-refractivity contribution in [1.82, 2.24) is 0 Å². The van der Waals surface area contributed by atoms with Crippen molar-refractivity contribution >= 4 is 116 Å². The molecule has 9 aliphatic carbocycles. The van der Waals surface area contributed by atoms with E-state index in [4.69, 9.17) is 0 Å². The number of hydrogen-bond acceptors (Lipinski definition) is 16. The number of nitrogens with zero attached hydrogens (tertiary/aromatic N) is 4. The first-order chi connectivity index (χ1) is 57.5. The van der Waals surface area contributed by atoms with Crippen LogP contribution in [-0.4, -0.2) is 137 Å². The van der Waals surface area contributed by atoms with Gasteiger partial charge in [-0.05, 0) is 279 Å². The fourth-order valence-corrected chi connectivity index (χ4v) is 22.5. The molecule has 20 nitrogen and oxygen atoms in total. The van der Waals surface area contributed by atoms with Crippen molar-refractivity contribution in [3.05, 3.63) is 63.3 Å². The smallest absolute Gasteiger partial charge is 0.348 e. The number of aliphatic hydroxyl groups excluding tert-OH is 4. The Balaban J connectivity index is 0.000000168. The Bertz CT molecular complexity index is 4380. The second kappa shape index (κ2) is 45.9. The third-order valence-electron chi connectivity index (χ3n) is 26.3. The van der Waals surface area contributed by atoms with Crippen LogP contribution >= 0.6 is 45.3 Å². The topological polar surface area (TPSA) is 311 Å². The lowest BCUT2D eigenvalue weighted by Gasteiger charge is -2.38. The van der Waals surface area contributed by atoms with Gasteiger partial charge in [-0.2, -0.15) is 0 Å². The number of aromatic carboxylic acids is 4. The number of aliphatic hydroxyl groups is 4. The molecule has 8 N–H and O–H groups in total. The first kappa shape index (κ1) is 94.9. The van der Waals surface area contributed by atoms with Gasteiger partial charge < -0.3 is 60.5 Å². The van der Waals surface area contributed by atoms with Gasteiger partial charge in [-0.25, -0.2) is 19.2 Å². The summed E-state index contributed by atoms with van der Waals surface area (Å²) in [7, 11) is 0. The number of thiophene rings is 4. The summed E-state index contributed by atoms with van der Waals surface area (Å²) in [4.78, 5) is 113. The van der Waals surface area contributed by atoms with Gasteiger partial charge >= 0.3 is 23.9 Å². The fourth-order valence-electron chi connectivity index (χ4n) is 19.0. The second-order valence-corrected chi connectivity index (χ2v) is 40.4. The molecular formula is C96H130N4O16S4. The Morgan fingerprint density at radius 1 is 0.350 bits per heavy atom. The van der Waals surface area contributed by atoms with Crippen molar-refractivity contribution in [2.45, 2.75) is 348 Å². The van der Waals surface area contributed by atoms with Crippen LogP contribution in [0.4, 0.5) is 22.7 Å². The molecule has 4 aromatic heterocycles. The van der Waals surface area contributed by atoms with E-state index < -0.39 is 23.9 Å². The van der Waals surface area contributed by atoms with Crippen LogP contribution in [0.25, 0.3) is 0 Å². The predicted molar refractivity (Wildman–Crippen MR) is 477 cm³/mol. The molecule has 0 aliphatic heterocycles. The normalized spacial score (nSPS) is 27.4. The molecule has 9 aliphatic rings. The van der Waals surface area contributed by atoms with Gasteiger partial charge in [0.2, 0.25) is 23.6 Å². The van der Waals surface area contributed by atoms with Crippen molar-refractivity contribution in [2.75, 3.05) is 19.6 Å². The quantitative estimate of drug-likeness (QED) is 0.0456. The minimum Gasteiger partial charge on any atom is -0.477 e. The molecule has 4 aromatic rings. The first-order valence-corrected chi connectivity index (χ1v) is 48.2. The van der Waals surface area contributed by atoms with Crippen molar-refractivity contribution in [3.63, 3.8) is 0 Å². The van der Waals surface area contributed by atoms with Gasteiger partial charge in [0.25, 0.3) is 0 Å². The summed E-state index contributed by atoms with van der Waals surface area (Å²) >= 11 is 4.63. The molecular weight excluding hydrogens is 1590 g/mol. The van der Waals surface area contributed by atoms with Crippen molar-refractivity contribution < 1.29 is 79.2 Å². The molecule has 24 heteroatoms. The van der Waals surface area contributed by atoms with Gasteiger partial charge in [0.15, 0.2) is 0 Å². The zero-order valence-electron chi connectivity index (χ0n) is 71.8. The van der Waals surface area contributed by atoms with E-state index in [1.54, 1.807) is 44.7 Å². The summed E-state index contributed by atoms with van der Waals surface area (Å²) in [5.74, 6) is 24.0. The summed E-state index contributed by atoms with van der Waals surface area (Å²) in [6.45, 7) is 16.8. The van der Waals surface area contributed by atoms with E-state index in [9.17, 15) is 79.2 Å². The third kappa shape index (κ3) is 26.1. The summed E-state index contributed by atoms with van der Waals surface area (Å²) in [5.41, 5.74) is 1.99. The molecule has 13 rings (SSSR count). The largest absolute Gasteiger partial charge is 0.477 e. The van der Waals surface area contributed by atoms with Crippen LogP contribution in [0.3, 0.4) is 0 Å². The van der Waals surface area contributed by atoms with Gasteiger partial charge in [0.05, 0.1) is 66.7 Å². The van der Waals surface area contributed by atoms with E-state index in [-0.39, 0.29) is 115 Å². The van der Waals surface area contributed by atoms with E-state index in [1.165, 1.54) is 24.2 Å². The van der Waals surface area contributed by atoms with E-state index in [0.29, 0.717) is 182 Å². The molecule has 4 amide bonds. The van der Waals surface area contributed by atoms with Crippen LogP contribution in [0.1, 0.15) is 358 Å². The Morgan fingerprint density at radius 2 is 0.592 bits per heavy atom. The maximum Gasteiger partial charge on any atom is 0.348 e. The minimum absolute atomic E-state index is 0.0459. The van der Waals surface area contributed by atoms with E-state index in [2.05, 4.69) is 88.9 Å². The van der Waals surface area contributed by atoms with Crippen molar-refractivity contribution in [2.24, 2.45) is 59.2 Å². The first-order valence-electron chi connectivity index (χ1n) is 44.9. The van der Waals surface area contributed by atoms with E-state index in [0.717, 1.165) is 161 Å². The van der Waals surface area contributed by atoms with Gasteiger partial charge in [-0.3, -0.25) is 19.2 Å². The molecule has 9 saturated carbocycles. The number of carboxylic acids is 4. The van der Waals surface area contributed by atoms with Crippen LogP contribution < -0.4 is 19.6 Å². The van der Waals surface area contributed by atoms with Gasteiger partial charge in [-0.15, -0.1) is 51.3 Å². The number of amides is 4. The van der Waals surface area contributed by atoms with Crippen molar-refractivity contribution in [3.8, 4) is 47.4 Å². The summed E-state index contributed by atoms with van der Waals surface area (Å²) in [6, 6.07) is 6.92. The van der Waals surface area contributed by atoms with E-state index in [1.807, 2.05) is 13.0 Å². The second-order valence-electron chi connectivity index (χ2n) is 36.2. The number of carboxylic acid groups (broad SMARTS) is 4. The van der Waals surface area contributed by atoms with Crippen LogP contribution in [0.2, 0.25) is 0 Å². The highest BCUT2D eigenvalue weighted by Gasteiger charge is 2.43. The van der Waals surface area contributed by atoms with Crippen LogP contribution in [0, 0.1) is 107 Å². The number of anilines is 4. The monoisotopic (exact) mass is 1720 g/mol. The van der Waals surface area contributed by atoms with Crippen molar-refractivity contribution in [1.29, 1.82) is 0 Å². The molecule has 0 radical (unpaired) electrons. The molecule has 0 saturated heterocycles. The third-order valence-corrected chi connectivity index (χ3v) is 30.4. The van der Waals surface area contributed by atoms with E-state index >= 15 is 0 Å². The molecule has 120 heavy (non-hydrogen) atoms. The van der Waals surface area contributed by atoms with Crippen LogP contribution in [-0.2, 0) is 19.2 Å². The Morgan fingerprint density at radius 3 is 0.825 bits per heavy atom. The highest BCUT2D eigenvalue weighted by Crippen LogP contribution is 2.45. The number of carbonyl (C=O) groups is 8. The van der Waals surface area contributed by atoms with Crippen LogP contribution in [0.5, 0.6) is 0 Å². The molecule has 4 heterocycles. The number of carbonyl (C=O) groups excluding carboxylic acids is 4. The number of rotatable bonds is 17. The zero-order chi connectivity index (χ0) is 86.4. The average Bonchev–Trinajstić information content (AvgIpc) is 1.49. The lowest BCUT2D eigenvalue weighted by atomic mass is 9.81. The molecule has 0 spiro atoms. The summed E-state index contributed by atoms with van der Waals surface area (Å²) in [5, 5.41) is 79.2. The molecule has 0 atom stereocenters. The molecule has 0 aromatic carbocycles. The van der Waals surface area contributed by atoms with Crippen LogP contribution in [0.15, 0.2) is 24.3 Å². The molecule has 654 valence electrons. The Kier molecular flexibility index (Phi) is 36.3. The highest BCUT2D eigenvalue weighted by molar-refractivity contribution is 7.16. The SMILES string of the molecule is CC#Cc1cc(N(C(=O)C2CCC(C)CC2)C2CCC(O)CC2)c(C(=O)O)s1.CC(C)CC#Cc1cc(N(C(=O)C2CCC(C)CC2)C2CCC(O)CC2)c(C(=O)O)s1.CC1CCC(C(=O)N(c2cc(C#CC3CCCC3)sc2C(=O)O)C2CCC(O)CC2)CC1.CCC#Cc1cc(N(C(=O)C2CCC(C)CC2)C2CCC(O)CC2)c(C(=O)O)s1. The summed E-state index contributed by atoms with van der Waals surface area (Å²) in [6.07, 6.45) is 30.7. The summed E-state index contributed by atoms with van der Waals surface area (Å²) < 4.78 is 0. The minimum atomic E-state index is -1.02. The molecule has 9 fully saturated rings. The standard InChI is InChI=1S/C26H35NO4S.C25H35NO4S.C23H31NO4S.C22H29NO4S/c1-17-6-9-19(10-7-17)25(29)27(20-11-13-21(28)14-12-20)23-16-22(32-24(23)26(30)31)15-8-18-4-2-3-5-18;1-16(2)5-4-6-21-15-22(23(31-21)25(29)30)26(19-11-13-20(27)14-12-19)24(28)18-9-7-17(3)8-10-18;1-3-4-5-19-14-20(21(29-19)23(27)28)24(17-10-12-18(25)13-11-17)22(26)16-8-6-15(2)7-9-16;1-3-4-18-13-19(20(28-18)22(26)27)23(16-9-11-17(24)12-10-16)21(25)15-7-5-14(2)6-8-15/h16-21,28H,2-7,9-14H2,1H3,(H,30,31);15-20,27H,5,7-14H2,1-3H3,(H,29,30);14-18,25H,3,6-13H2,1-2H3,(H,27,28);13-17,24H,5-12H2,1-2H3,(H,26,27). The predicted octanol–water partition coefficient (Wildman–Crippen LogP) is 19.7. The van der Waals surface area contributed by atoms with Gasteiger partial charge in [-0.1, -0.05) is 103 Å². The number of hydrogen-bond donors (Lipinski definition) is 8. The Labute approximate surface area is 727 Å². The maximum absolute atomic E-state index is 13.8. The maximum atomic E-state index is 13.8. The Hall–Kier alpha value is -7.36. The zero-order valence-corrected chi connectivity index (χ0v) is 75.1. The fraction of sp³-hybridized carbons (Fsp3) is 0.667. The highest BCUT2D eigenvalue weighted by atomic mass is 32.1. The van der Waals surface area contributed by atoms with Gasteiger partial charge in [0.1, 0.15) is 19.5 Å². The lowest BCUT2D eigenvalue weighted by molar-refractivity contribution is -0.125. The lowest BCUT2D eigenvalue weighted by Crippen LogP contribution is -2.47. The average molecular weight is 1720 g/mol. The molecule has 0 unspecified atom stereocenters. The molecule has 0 bridgehead atoms. The van der Waals surface area contributed by atoms with Gasteiger partial charge in [0, 0.05) is 66.6 Å².